The minimum absolute atomic E-state index is 0.0849. The third-order valence-corrected chi connectivity index (χ3v) is 6.05. The molecule has 0 aromatic heterocycles. The number of nitrogens with zero attached hydrogens (tertiary/aromatic N) is 1. The van der Waals surface area contributed by atoms with E-state index < -0.39 is 6.04 Å². The summed E-state index contributed by atoms with van der Waals surface area (Å²) in [5, 5.41) is 2.97. The zero-order chi connectivity index (χ0) is 24.1. The van der Waals surface area contributed by atoms with Gasteiger partial charge in [0, 0.05) is 18.7 Å². The molecule has 0 fully saturated rings. The van der Waals surface area contributed by atoms with Gasteiger partial charge in [0.05, 0.1) is 33.8 Å². The smallest absolute Gasteiger partial charge is 0.255 e. The molecule has 0 saturated heterocycles. The summed E-state index contributed by atoms with van der Waals surface area (Å²) in [5.41, 5.74) is 3.39. The van der Waals surface area contributed by atoms with Gasteiger partial charge in [0.25, 0.3) is 5.91 Å². The van der Waals surface area contributed by atoms with Crippen LogP contribution in [0.2, 0.25) is 0 Å². The third kappa shape index (κ3) is 4.83. The van der Waals surface area contributed by atoms with Gasteiger partial charge in [0.2, 0.25) is 5.91 Å². The summed E-state index contributed by atoms with van der Waals surface area (Å²) in [6.45, 7) is 0.829. The summed E-state index contributed by atoms with van der Waals surface area (Å²) in [6.07, 6.45) is 0.116. The van der Waals surface area contributed by atoms with Gasteiger partial charge >= 0.3 is 0 Å². The fourth-order valence-corrected chi connectivity index (χ4v) is 4.19. The molecule has 2 amide bonds. The van der Waals surface area contributed by atoms with Gasteiger partial charge in [0.15, 0.2) is 11.5 Å². The molecular formula is C27H28N2O5. The molecule has 176 valence electrons. The van der Waals surface area contributed by atoms with Gasteiger partial charge in [-0.05, 0) is 47.0 Å². The highest BCUT2D eigenvalue weighted by Gasteiger charge is 2.34. The number of hydrogen-bond donors (Lipinski definition) is 1. The Bertz CT molecular complexity index is 1180. The van der Waals surface area contributed by atoms with Gasteiger partial charge in [-0.3, -0.25) is 9.59 Å². The standard InChI is InChI=1S/C27H28N2O5/c1-32-21-11-8-18(9-12-21)16-28-26(30)15-23(19-10-13-24(33-2)25(14-19)34-3)29-17-20-6-4-5-7-22(20)27(29)31/h4-14,23H,15-17H2,1-3H3,(H,28,30). The maximum Gasteiger partial charge on any atom is 0.255 e. The predicted molar refractivity (Wildman–Crippen MR) is 128 cm³/mol. The highest BCUT2D eigenvalue weighted by Crippen LogP contribution is 2.37. The Balaban J connectivity index is 1.56. The van der Waals surface area contributed by atoms with Crippen LogP contribution in [0.15, 0.2) is 66.7 Å². The van der Waals surface area contributed by atoms with Crippen LogP contribution in [-0.4, -0.2) is 38.0 Å². The van der Waals surface area contributed by atoms with Crippen molar-refractivity contribution in [2.45, 2.75) is 25.6 Å². The van der Waals surface area contributed by atoms with Crippen molar-refractivity contribution >= 4 is 11.8 Å². The Morgan fingerprint density at radius 3 is 2.35 bits per heavy atom. The molecule has 0 radical (unpaired) electrons. The molecule has 1 atom stereocenters. The molecule has 3 aromatic carbocycles. The number of carbonyl (C=O) groups excluding carboxylic acids is 2. The van der Waals surface area contributed by atoms with Crippen LogP contribution in [0.25, 0.3) is 0 Å². The molecule has 4 rings (SSSR count). The average Bonchev–Trinajstić information content (AvgIpc) is 3.22. The molecule has 0 spiro atoms. The van der Waals surface area contributed by atoms with Crippen molar-refractivity contribution in [2.24, 2.45) is 0 Å². The monoisotopic (exact) mass is 460 g/mol. The molecule has 3 aromatic rings. The fourth-order valence-electron chi connectivity index (χ4n) is 4.19. The van der Waals surface area contributed by atoms with Gasteiger partial charge in [-0.15, -0.1) is 0 Å². The van der Waals surface area contributed by atoms with E-state index in [9.17, 15) is 9.59 Å². The minimum atomic E-state index is -0.462. The number of amides is 2. The molecule has 7 heteroatoms. The number of rotatable bonds is 9. The van der Waals surface area contributed by atoms with Crippen molar-refractivity contribution in [2.75, 3.05) is 21.3 Å². The summed E-state index contributed by atoms with van der Waals surface area (Å²) >= 11 is 0. The van der Waals surface area contributed by atoms with E-state index in [1.807, 2.05) is 60.7 Å². The van der Waals surface area contributed by atoms with E-state index in [2.05, 4.69) is 5.32 Å². The Morgan fingerprint density at radius 2 is 1.68 bits per heavy atom. The lowest BCUT2D eigenvalue weighted by atomic mass is 10.0. The number of carbonyl (C=O) groups is 2. The van der Waals surface area contributed by atoms with Crippen LogP contribution in [0.4, 0.5) is 0 Å². The molecule has 1 unspecified atom stereocenters. The third-order valence-electron chi connectivity index (χ3n) is 6.05. The normalized spacial score (nSPS) is 13.3. The number of methoxy groups -OCH3 is 3. The Morgan fingerprint density at radius 1 is 0.941 bits per heavy atom. The summed E-state index contributed by atoms with van der Waals surface area (Å²) in [5.74, 6) is 1.66. The molecule has 0 saturated carbocycles. The van der Waals surface area contributed by atoms with Crippen LogP contribution in [0.3, 0.4) is 0 Å². The van der Waals surface area contributed by atoms with Crippen LogP contribution in [0.5, 0.6) is 17.2 Å². The Hall–Kier alpha value is -4.00. The maximum absolute atomic E-state index is 13.2. The molecular weight excluding hydrogens is 432 g/mol. The van der Waals surface area contributed by atoms with Crippen LogP contribution in [0.1, 0.15) is 39.5 Å². The van der Waals surface area contributed by atoms with E-state index in [0.717, 1.165) is 22.4 Å². The summed E-state index contributed by atoms with van der Waals surface area (Å²) in [6, 6.07) is 20.1. The van der Waals surface area contributed by atoms with Crippen molar-refractivity contribution in [3.63, 3.8) is 0 Å². The first kappa shape index (κ1) is 23.2. The first-order chi connectivity index (χ1) is 16.5. The molecule has 0 bridgehead atoms. The van der Waals surface area contributed by atoms with E-state index in [1.165, 1.54) is 0 Å². The van der Waals surface area contributed by atoms with Crippen LogP contribution in [-0.2, 0) is 17.9 Å². The van der Waals surface area contributed by atoms with Crippen LogP contribution < -0.4 is 19.5 Å². The molecule has 7 nitrogen and oxygen atoms in total. The van der Waals surface area contributed by atoms with Gasteiger partial charge in [-0.25, -0.2) is 0 Å². The van der Waals surface area contributed by atoms with Crippen molar-refractivity contribution in [1.82, 2.24) is 10.2 Å². The second kappa shape index (κ2) is 10.3. The molecule has 0 aliphatic carbocycles. The lowest BCUT2D eigenvalue weighted by Crippen LogP contribution is -2.34. The molecule has 1 heterocycles. The van der Waals surface area contributed by atoms with Crippen molar-refractivity contribution in [1.29, 1.82) is 0 Å². The van der Waals surface area contributed by atoms with E-state index >= 15 is 0 Å². The predicted octanol–water partition coefficient (Wildman–Crippen LogP) is 4.12. The highest BCUT2D eigenvalue weighted by atomic mass is 16.5. The number of fused-ring (bicyclic) bond motifs is 1. The first-order valence-electron chi connectivity index (χ1n) is 11.0. The Kier molecular flexibility index (Phi) is 7.01. The fraction of sp³-hybridized carbons (Fsp3) is 0.259. The van der Waals surface area contributed by atoms with E-state index in [0.29, 0.717) is 30.2 Å². The number of nitrogens with one attached hydrogen (secondary N) is 1. The first-order valence-corrected chi connectivity index (χ1v) is 11.0. The minimum Gasteiger partial charge on any atom is -0.497 e. The topological polar surface area (TPSA) is 77.1 Å². The van der Waals surface area contributed by atoms with Crippen LogP contribution >= 0.6 is 0 Å². The molecule has 1 N–H and O–H groups in total. The second-order valence-electron chi connectivity index (χ2n) is 8.05. The zero-order valence-corrected chi connectivity index (χ0v) is 19.5. The van der Waals surface area contributed by atoms with Gasteiger partial charge in [0.1, 0.15) is 5.75 Å². The second-order valence-corrected chi connectivity index (χ2v) is 8.05. The van der Waals surface area contributed by atoms with Gasteiger partial charge in [-0.2, -0.15) is 0 Å². The lowest BCUT2D eigenvalue weighted by molar-refractivity contribution is -0.122. The SMILES string of the molecule is COc1ccc(CNC(=O)CC(c2ccc(OC)c(OC)c2)N2Cc3ccccc3C2=O)cc1. The average molecular weight is 461 g/mol. The number of ether oxygens (including phenoxy) is 3. The number of hydrogen-bond acceptors (Lipinski definition) is 5. The van der Waals surface area contributed by atoms with Gasteiger partial charge < -0.3 is 24.4 Å². The van der Waals surface area contributed by atoms with Crippen molar-refractivity contribution < 1.29 is 23.8 Å². The van der Waals surface area contributed by atoms with Crippen molar-refractivity contribution in [3.8, 4) is 17.2 Å². The summed E-state index contributed by atoms with van der Waals surface area (Å²) in [4.78, 5) is 28.0. The van der Waals surface area contributed by atoms with E-state index in [1.54, 1.807) is 32.3 Å². The molecule has 34 heavy (non-hydrogen) atoms. The number of benzene rings is 3. The van der Waals surface area contributed by atoms with E-state index in [-0.39, 0.29) is 18.2 Å². The quantitative estimate of drug-likeness (QED) is 0.520. The van der Waals surface area contributed by atoms with Gasteiger partial charge in [-0.1, -0.05) is 36.4 Å². The largest absolute Gasteiger partial charge is 0.497 e. The van der Waals surface area contributed by atoms with Crippen LogP contribution in [0, 0.1) is 0 Å². The van der Waals surface area contributed by atoms with Crippen molar-refractivity contribution in [3.05, 3.63) is 89.0 Å². The summed E-state index contributed by atoms with van der Waals surface area (Å²) < 4.78 is 16.0. The highest BCUT2D eigenvalue weighted by molar-refractivity contribution is 5.98. The van der Waals surface area contributed by atoms with E-state index in [4.69, 9.17) is 14.2 Å². The maximum atomic E-state index is 13.2. The molecule has 1 aliphatic rings. The molecule has 1 aliphatic heterocycles. The lowest BCUT2D eigenvalue weighted by Gasteiger charge is -2.28. The summed E-state index contributed by atoms with van der Waals surface area (Å²) in [7, 11) is 4.75. The Labute approximate surface area is 199 Å². The zero-order valence-electron chi connectivity index (χ0n) is 19.5.